The van der Waals surface area contributed by atoms with Gasteiger partial charge in [0.25, 0.3) is 0 Å². The number of hydrogen-bond donors (Lipinski definition) is 1. The van der Waals surface area contributed by atoms with E-state index < -0.39 is 0 Å². The van der Waals surface area contributed by atoms with Gasteiger partial charge in [0.05, 0.1) is 6.20 Å². The smallest absolute Gasteiger partial charge is 0.0537 e. The van der Waals surface area contributed by atoms with Crippen LogP contribution in [0.2, 0.25) is 5.02 Å². The molecule has 1 aromatic heterocycles. The molecule has 0 saturated carbocycles. The summed E-state index contributed by atoms with van der Waals surface area (Å²) in [4.78, 5) is 0. The van der Waals surface area contributed by atoms with Crippen molar-refractivity contribution in [3.8, 4) is 0 Å². The molecule has 0 aliphatic rings. The third-order valence-electron chi connectivity index (χ3n) is 3.33. The van der Waals surface area contributed by atoms with Crippen molar-refractivity contribution in [2.24, 2.45) is 0 Å². The highest BCUT2D eigenvalue weighted by Crippen LogP contribution is 2.21. The fourth-order valence-corrected chi connectivity index (χ4v) is 2.32. The van der Waals surface area contributed by atoms with Crippen LogP contribution >= 0.6 is 11.6 Å². The zero-order valence-corrected chi connectivity index (χ0v) is 12.4. The Labute approximate surface area is 119 Å². The highest BCUT2D eigenvalue weighted by atomic mass is 35.5. The molecule has 0 amide bonds. The monoisotopic (exact) mass is 277 g/mol. The topological polar surface area (TPSA) is 29.9 Å². The summed E-state index contributed by atoms with van der Waals surface area (Å²) in [5.74, 6) is 0. The molecule has 102 valence electrons. The zero-order valence-electron chi connectivity index (χ0n) is 11.6. The van der Waals surface area contributed by atoms with Crippen molar-refractivity contribution in [1.82, 2.24) is 15.1 Å². The molecule has 1 heterocycles. The number of hydrogen-bond acceptors (Lipinski definition) is 2. The number of aryl methyl sites for hydroxylation is 1. The van der Waals surface area contributed by atoms with Gasteiger partial charge < -0.3 is 5.32 Å². The maximum Gasteiger partial charge on any atom is 0.0537 e. The van der Waals surface area contributed by atoms with Crippen LogP contribution in [0.4, 0.5) is 0 Å². The first kappa shape index (κ1) is 14.1. The van der Waals surface area contributed by atoms with Gasteiger partial charge in [-0.3, -0.25) is 4.68 Å². The summed E-state index contributed by atoms with van der Waals surface area (Å²) in [6, 6.07) is 8.47. The summed E-state index contributed by atoms with van der Waals surface area (Å²) in [5.41, 5.74) is 2.40. The fraction of sp³-hybridized carbons (Fsp3) is 0.400. The molecule has 0 spiro atoms. The van der Waals surface area contributed by atoms with Crippen LogP contribution in [0.25, 0.3) is 0 Å². The Hall–Kier alpha value is -1.32. The molecular weight excluding hydrogens is 258 g/mol. The van der Waals surface area contributed by atoms with Crippen LogP contribution < -0.4 is 5.32 Å². The lowest BCUT2D eigenvalue weighted by Gasteiger charge is -2.19. The van der Waals surface area contributed by atoms with Crippen LogP contribution in [-0.2, 0) is 6.54 Å². The van der Waals surface area contributed by atoms with E-state index in [1.165, 1.54) is 11.1 Å². The van der Waals surface area contributed by atoms with Gasteiger partial charge in [0.2, 0.25) is 0 Å². The lowest BCUT2D eigenvalue weighted by atomic mass is 10.1. The highest BCUT2D eigenvalue weighted by molar-refractivity contribution is 6.30. The standard InChI is InChI=1S/C15H20ClN3/c1-4-19-10-14(9-17-19)12(3)18-11(2)13-6-5-7-15(16)8-13/h5-12,18H,4H2,1-3H3/t11-,12?/m0/s1. The summed E-state index contributed by atoms with van der Waals surface area (Å²) >= 11 is 6.02. The first-order valence-corrected chi connectivity index (χ1v) is 7.01. The first-order valence-electron chi connectivity index (χ1n) is 6.64. The third-order valence-corrected chi connectivity index (χ3v) is 3.56. The van der Waals surface area contributed by atoms with Crippen LogP contribution in [0.1, 0.15) is 44.0 Å². The Balaban J connectivity index is 2.03. The summed E-state index contributed by atoms with van der Waals surface area (Å²) in [6.45, 7) is 7.28. The van der Waals surface area contributed by atoms with E-state index in [0.717, 1.165) is 11.6 Å². The van der Waals surface area contributed by atoms with Gasteiger partial charge in [0.1, 0.15) is 0 Å². The SMILES string of the molecule is CCn1cc(C(C)N[C@@H](C)c2cccc(Cl)c2)cn1. The van der Waals surface area contributed by atoms with Gasteiger partial charge >= 0.3 is 0 Å². The van der Waals surface area contributed by atoms with E-state index in [1.807, 2.05) is 29.1 Å². The molecule has 2 atom stereocenters. The highest BCUT2D eigenvalue weighted by Gasteiger charge is 2.12. The van der Waals surface area contributed by atoms with Crippen LogP contribution in [0.15, 0.2) is 36.7 Å². The molecule has 4 heteroatoms. The largest absolute Gasteiger partial charge is 0.304 e. The van der Waals surface area contributed by atoms with Gasteiger partial charge in [0, 0.05) is 35.4 Å². The maximum absolute atomic E-state index is 6.02. The molecule has 3 nitrogen and oxygen atoms in total. The molecule has 0 fully saturated rings. The van der Waals surface area contributed by atoms with Crippen molar-refractivity contribution in [1.29, 1.82) is 0 Å². The summed E-state index contributed by atoms with van der Waals surface area (Å²) in [6.07, 6.45) is 4.01. The van der Waals surface area contributed by atoms with Gasteiger partial charge in [-0.2, -0.15) is 5.10 Å². The molecule has 2 aromatic rings. The number of aromatic nitrogens is 2. The Morgan fingerprint density at radius 3 is 2.63 bits per heavy atom. The van der Waals surface area contributed by atoms with Gasteiger partial charge in [-0.05, 0) is 38.5 Å². The van der Waals surface area contributed by atoms with Gasteiger partial charge in [0.15, 0.2) is 0 Å². The molecule has 1 aromatic carbocycles. The summed E-state index contributed by atoms with van der Waals surface area (Å²) in [7, 11) is 0. The van der Waals surface area contributed by atoms with E-state index in [9.17, 15) is 0 Å². The lowest BCUT2D eigenvalue weighted by Crippen LogP contribution is -2.22. The van der Waals surface area contributed by atoms with Crippen molar-refractivity contribution in [3.05, 3.63) is 52.8 Å². The summed E-state index contributed by atoms with van der Waals surface area (Å²) in [5, 5.41) is 8.65. The average Bonchev–Trinajstić information content (AvgIpc) is 2.87. The molecule has 0 aliphatic heterocycles. The quantitative estimate of drug-likeness (QED) is 0.896. The minimum absolute atomic E-state index is 0.249. The molecular formula is C15H20ClN3. The van der Waals surface area contributed by atoms with E-state index in [2.05, 4.69) is 43.4 Å². The lowest BCUT2D eigenvalue weighted by molar-refractivity contribution is 0.494. The normalized spacial score (nSPS) is 14.3. The predicted octanol–water partition coefficient (Wildman–Crippen LogP) is 3.97. The van der Waals surface area contributed by atoms with Crippen LogP contribution in [0.3, 0.4) is 0 Å². The van der Waals surface area contributed by atoms with Crippen molar-refractivity contribution >= 4 is 11.6 Å². The minimum atomic E-state index is 0.249. The molecule has 1 N–H and O–H groups in total. The number of halogens is 1. The molecule has 0 saturated heterocycles. The molecule has 0 aliphatic carbocycles. The third kappa shape index (κ3) is 3.58. The fourth-order valence-electron chi connectivity index (χ4n) is 2.12. The Kier molecular flexibility index (Phi) is 4.61. The molecule has 1 unspecified atom stereocenters. The molecule has 0 radical (unpaired) electrons. The molecule has 2 rings (SSSR count). The number of benzene rings is 1. The van der Waals surface area contributed by atoms with Crippen LogP contribution in [-0.4, -0.2) is 9.78 Å². The van der Waals surface area contributed by atoms with Crippen molar-refractivity contribution in [3.63, 3.8) is 0 Å². The second kappa shape index (κ2) is 6.22. The van der Waals surface area contributed by atoms with E-state index >= 15 is 0 Å². The van der Waals surface area contributed by atoms with Gasteiger partial charge in [-0.15, -0.1) is 0 Å². The van der Waals surface area contributed by atoms with Crippen molar-refractivity contribution in [2.45, 2.75) is 39.4 Å². The van der Waals surface area contributed by atoms with Gasteiger partial charge in [-0.1, -0.05) is 23.7 Å². The predicted molar refractivity (Wildman–Crippen MR) is 79.3 cm³/mol. The van der Waals surface area contributed by atoms with Gasteiger partial charge in [-0.25, -0.2) is 0 Å². The molecule has 19 heavy (non-hydrogen) atoms. The van der Waals surface area contributed by atoms with E-state index in [1.54, 1.807) is 0 Å². The molecule has 0 bridgehead atoms. The average molecular weight is 278 g/mol. The van der Waals surface area contributed by atoms with Crippen LogP contribution in [0.5, 0.6) is 0 Å². The maximum atomic E-state index is 6.02. The second-order valence-corrected chi connectivity index (χ2v) is 5.23. The summed E-state index contributed by atoms with van der Waals surface area (Å²) < 4.78 is 1.94. The first-order chi connectivity index (χ1) is 9.10. The second-order valence-electron chi connectivity index (χ2n) is 4.79. The van der Waals surface area contributed by atoms with E-state index in [-0.39, 0.29) is 12.1 Å². The Morgan fingerprint density at radius 1 is 1.26 bits per heavy atom. The number of rotatable bonds is 5. The number of nitrogens with one attached hydrogen (secondary N) is 1. The van der Waals surface area contributed by atoms with E-state index in [4.69, 9.17) is 11.6 Å². The Morgan fingerprint density at radius 2 is 2.00 bits per heavy atom. The van der Waals surface area contributed by atoms with Crippen molar-refractivity contribution < 1.29 is 0 Å². The van der Waals surface area contributed by atoms with Crippen LogP contribution in [0, 0.1) is 0 Å². The minimum Gasteiger partial charge on any atom is -0.304 e. The zero-order chi connectivity index (χ0) is 13.8. The Bertz CT molecular complexity index is 536. The van der Waals surface area contributed by atoms with E-state index in [0.29, 0.717) is 0 Å². The number of nitrogens with zero attached hydrogens (tertiary/aromatic N) is 2. The van der Waals surface area contributed by atoms with Crippen molar-refractivity contribution in [2.75, 3.05) is 0 Å².